The maximum absolute atomic E-state index is 9.24. The molecule has 4 nitrogen and oxygen atoms in total. The molecular formula is C2H5N2O2-. The van der Waals surface area contributed by atoms with Gasteiger partial charge in [0.2, 0.25) is 0 Å². The fraction of sp³-hybridized carbons (Fsp3) is 1.00. The normalized spacial score (nSPS) is 7.50. The van der Waals surface area contributed by atoms with Crippen molar-refractivity contribution >= 4 is 0 Å². The van der Waals surface area contributed by atoms with Gasteiger partial charge in [0.15, 0.2) is 0 Å². The molecule has 0 atom stereocenters. The lowest BCUT2D eigenvalue weighted by Crippen LogP contribution is -1.88. The fourth-order valence-corrected chi connectivity index (χ4v) is 0.115. The smallest absolute Gasteiger partial charge is 0.0127 e. The number of hydrogen-bond donors (Lipinski definition) is 0. The summed E-state index contributed by atoms with van der Waals surface area (Å²) in [5.74, 6) is 0. The van der Waals surface area contributed by atoms with Crippen molar-refractivity contribution in [2.45, 2.75) is 6.92 Å². The summed E-state index contributed by atoms with van der Waals surface area (Å²) in [5.41, 5.74) is 2.85. The van der Waals surface area contributed by atoms with Crippen LogP contribution in [0.5, 0.6) is 0 Å². The summed E-state index contributed by atoms with van der Waals surface area (Å²) in [4.78, 5) is 9.24. The average molecular weight is 89.1 g/mol. The van der Waals surface area contributed by atoms with E-state index in [0.29, 0.717) is 0 Å². The Morgan fingerprint density at radius 1 is 2.00 bits per heavy atom. The zero-order valence-electron chi connectivity index (χ0n) is 3.42. The molecular weight excluding hydrogens is 84.0 g/mol. The van der Waals surface area contributed by atoms with Gasteiger partial charge in [-0.2, -0.15) is 0 Å². The van der Waals surface area contributed by atoms with Gasteiger partial charge in [0, 0.05) is 0 Å². The average Bonchev–Trinajstić information content (AvgIpc) is 1.35. The second-order valence-electron chi connectivity index (χ2n) is 0.695. The molecule has 0 saturated heterocycles. The summed E-state index contributed by atoms with van der Waals surface area (Å²) < 4.78 is 0. The minimum Gasteiger partial charge on any atom is -0.379 e. The Morgan fingerprint density at radius 3 is 2.50 bits per heavy atom. The van der Waals surface area contributed by atoms with E-state index in [1.54, 1.807) is 6.92 Å². The van der Waals surface area contributed by atoms with Gasteiger partial charge in [-0.05, 0) is 5.03 Å². The van der Waals surface area contributed by atoms with Crippen LogP contribution >= 0.6 is 0 Å². The number of rotatable bonds is 2. The van der Waals surface area contributed by atoms with E-state index in [2.05, 4.69) is 5.43 Å². The van der Waals surface area contributed by atoms with Crippen LogP contribution in [-0.2, 0) is 0 Å². The second-order valence-corrected chi connectivity index (χ2v) is 0.695. The zero-order chi connectivity index (χ0) is 4.99. The maximum atomic E-state index is 9.24. The molecule has 0 aromatic carbocycles. The van der Waals surface area contributed by atoms with E-state index in [4.69, 9.17) is 0 Å². The third-order valence-electron chi connectivity index (χ3n) is 0.257. The molecule has 0 radical (unpaired) electrons. The summed E-state index contributed by atoms with van der Waals surface area (Å²) in [6, 6.07) is 0. The molecule has 0 saturated carbocycles. The maximum Gasteiger partial charge on any atom is -0.0127 e. The first-order chi connectivity index (χ1) is 2.77. The molecule has 0 aromatic heterocycles. The Labute approximate surface area is 35.3 Å². The van der Waals surface area contributed by atoms with Crippen molar-refractivity contribution in [1.29, 1.82) is 0 Å². The van der Waals surface area contributed by atoms with Crippen LogP contribution in [0.3, 0.4) is 0 Å². The largest absolute Gasteiger partial charge is 0.379 e. The lowest BCUT2D eigenvalue weighted by molar-refractivity contribution is -0.426. The third-order valence-corrected chi connectivity index (χ3v) is 0.257. The molecule has 0 aliphatic carbocycles. The third kappa shape index (κ3) is 3.20. The van der Waals surface area contributed by atoms with Crippen LogP contribution in [0, 0.1) is 10.1 Å². The van der Waals surface area contributed by atoms with Crippen molar-refractivity contribution < 1.29 is 5.03 Å². The quantitative estimate of drug-likeness (QED) is 0.367. The monoisotopic (exact) mass is 89.0 g/mol. The van der Waals surface area contributed by atoms with Crippen molar-refractivity contribution in [3.63, 3.8) is 0 Å². The van der Waals surface area contributed by atoms with Crippen LogP contribution < -0.4 is 0 Å². The molecule has 0 bridgehead atoms. The lowest BCUT2D eigenvalue weighted by Gasteiger charge is -1.99. The minimum atomic E-state index is -0.694. The molecule has 0 N–H and O–H groups in total. The molecule has 0 aromatic rings. The van der Waals surface area contributed by atoms with Crippen molar-refractivity contribution in [3.05, 3.63) is 15.5 Å². The SMILES string of the molecule is CC[N-][N+](=O)[O-]. The van der Waals surface area contributed by atoms with Crippen LogP contribution in [0.1, 0.15) is 6.92 Å². The van der Waals surface area contributed by atoms with Gasteiger partial charge in [0.05, 0.1) is 0 Å². The molecule has 0 unspecified atom stereocenters. The topological polar surface area (TPSA) is 57.2 Å². The molecule has 0 fully saturated rings. The van der Waals surface area contributed by atoms with Crippen LogP contribution in [0.4, 0.5) is 0 Å². The van der Waals surface area contributed by atoms with E-state index in [1.807, 2.05) is 0 Å². The van der Waals surface area contributed by atoms with E-state index in [9.17, 15) is 10.1 Å². The summed E-state index contributed by atoms with van der Waals surface area (Å²) in [6.45, 7) is 1.87. The Hall–Kier alpha value is -0.800. The van der Waals surface area contributed by atoms with Gasteiger partial charge >= 0.3 is 0 Å². The van der Waals surface area contributed by atoms with E-state index in [-0.39, 0.29) is 6.54 Å². The molecule has 0 amide bonds. The standard InChI is InChI=1S/C2H5N2O2/c1-2-3-4(5)6/h2H2,1H3/q-1. The van der Waals surface area contributed by atoms with Crippen molar-refractivity contribution in [3.8, 4) is 0 Å². The lowest BCUT2D eigenvalue weighted by atomic mass is 10.8. The molecule has 0 spiro atoms. The first-order valence-electron chi connectivity index (χ1n) is 1.59. The number of nitrogens with zero attached hydrogens (tertiary/aromatic N) is 2. The molecule has 0 aliphatic rings. The van der Waals surface area contributed by atoms with E-state index < -0.39 is 5.03 Å². The Kier molecular flexibility index (Phi) is 2.11. The highest BCUT2D eigenvalue weighted by Crippen LogP contribution is 1.79. The van der Waals surface area contributed by atoms with E-state index in [1.165, 1.54) is 0 Å². The predicted octanol–water partition coefficient (Wildman–Crippen LogP) is 0.572. The van der Waals surface area contributed by atoms with Crippen LogP contribution in [-0.4, -0.2) is 11.6 Å². The Balaban J connectivity index is 2.83. The molecule has 6 heavy (non-hydrogen) atoms. The van der Waals surface area contributed by atoms with E-state index in [0.717, 1.165) is 0 Å². The number of hydrogen-bond acceptors (Lipinski definition) is 2. The fourth-order valence-electron chi connectivity index (χ4n) is 0.115. The van der Waals surface area contributed by atoms with E-state index >= 15 is 0 Å². The van der Waals surface area contributed by atoms with Gasteiger partial charge in [0.1, 0.15) is 0 Å². The Morgan fingerprint density at radius 2 is 2.50 bits per heavy atom. The molecule has 36 valence electrons. The van der Waals surface area contributed by atoms with Gasteiger partial charge in [0.25, 0.3) is 0 Å². The minimum absolute atomic E-state index is 0.257. The summed E-state index contributed by atoms with van der Waals surface area (Å²) in [6.07, 6.45) is 0. The highest BCUT2D eigenvalue weighted by Gasteiger charge is 1.65. The van der Waals surface area contributed by atoms with Crippen molar-refractivity contribution in [2.75, 3.05) is 6.54 Å². The number of nitro groups is 1. The second kappa shape index (κ2) is 2.44. The van der Waals surface area contributed by atoms with Crippen molar-refractivity contribution in [1.82, 2.24) is 0 Å². The van der Waals surface area contributed by atoms with Gasteiger partial charge in [-0.15, -0.1) is 0 Å². The highest BCUT2D eigenvalue weighted by molar-refractivity contribution is 4.50. The van der Waals surface area contributed by atoms with Crippen LogP contribution in [0.2, 0.25) is 0 Å². The summed E-state index contributed by atoms with van der Waals surface area (Å²) in [7, 11) is 0. The molecule has 0 heterocycles. The predicted molar refractivity (Wildman–Crippen MR) is 20.9 cm³/mol. The van der Waals surface area contributed by atoms with Gasteiger partial charge in [-0.3, -0.25) is 10.1 Å². The summed E-state index contributed by atoms with van der Waals surface area (Å²) >= 11 is 0. The first-order valence-corrected chi connectivity index (χ1v) is 1.59. The van der Waals surface area contributed by atoms with Crippen molar-refractivity contribution in [2.24, 2.45) is 0 Å². The van der Waals surface area contributed by atoms with Gasteiger partial charge < -0.3 is 5.43 Å². The summed E-state index contributed by atoms with van der Waals surface area (Å²) in [5, 5.41) is 8.54. The van der Waals surface area contributed by atoms with Gasteiger partial charge in [-0.1, -0.05) is 13.5 Å². The first kappa shape index (κ1) is 5.20. The zero-order valence-corrected chi connectivity index (χ0v) is 3.42. The van der Waals surface area contributed by atoms with Gasteiger partial charge in [-0.25, -0.2) is 0 Å². The molecule has 0 aliphatic heterocycles. The highest BCUT2D eigenvalue weighted by atomic mass is 16.7. The molecule has 4 heteroatoms. The molecule has 0 rings (SSSR count). The van der Waals surface area contributed by atoms with Crippen LogP contribution in [0.15, 0.2) is 0 Å². The van der Waals surface area contributed by atoms with Crippen LogP contribution in [0.25, 0.3) is 5.43 Å². The Bertz CT molecular complexity index is 53.5.